The Balaban J connectivity index is 2.32. The molecule has 0 saturated carbocycles. The van der Waals surface area contributed by atoms with Gasteiger partial charge in [0.25, 0.3) is 4.27 Å². The van der Waals surface area contributed by atoms with Gasteiger partial charge in [-0.25, -0.2) is 16.8 Å². The molecule has 0 radical (unpaired) electrons. The maximum Gasteiger partial charge on any atom is 0.270 e. The van der Waals surface area contributed by atoms with Gasteiger partial charge in [-0.1, -0.05) is 13.3 Å². The largest absolute Gasteiger partial charge is 0.346 e. The van der Waals surface area contributed by atoms with Crippen LogP contribution in [0.4, 0.5) is 0 Å². The summed E-state index contributed by atoms with van der Waals surface area (Å²) in [7, 11) is -7.65. The predicted molar refractivity (Wildman–Crippen MR) is 80.9 cm³/mol. The Bertz CT molecular complexity index is 603. The van der Waals surface area contributed by atoms with Crippen LogP contribution in [0.3, 0.4) is 0 Å². The van der Waals surface area contributed by atoms with Gasteiger partial charge in [-0.2, -0.15) is 0 Å². The molecule has 2 bridgehead atoms. The number of sulfone groups is 2. The fraction of sp³-hybridized carbons (Fsp3) is 0.857. The molecule has 5 nitrogen and oxygen atoms in total. The Hall–Kier alpha value is -0.580. The lowest BCUT2D eigenvalue weighted by Crippen LogP contribution is -2.67. The summed E-state index contributed by atoms with van der Waals surface area (Å²) in [5, 5.41) is 0. The van der Waals surface area contributed by atoms with E-state index in [4.69, 9.17) is 11.2 Å². The van der Waals surface area contributed by atoms with Crippen LogP contribution in [0.2, 0.25) is 0 Å². The fourth-order valence-electron chi connectivity index (χ4n) is 3.49. The van der Waals surface area contributed by atoms with Crippen LogP contribution < -0.4 is 0 Å². The number of hydrogen-bond acceptors (Lipinski definition) is 5. The predicted octanol–water partition coefficient (Wildman–Crippen LogP) is 1.49. The maximum atomic E-state index is 12.6. The third-order valence-corrected chi connectivity index (χ3v) is 10.4. The molecule has 3 fully saturated rings. The minimum atomic E-state index is -3.82. The van der Waals surface area contributed by atoms with Crippen molar-refractivity contribution in [3.63, 3.8) is 0 Å². The average Bonchev–Trinajstić information content (AvgIpc) is 2.34. The van der Waals surface area contributed by atoms with Gasteiger partial charge in [0.15, 0.2) is 19.7 Å². The van der Waals surface area contributed by atoms with Crippen molar-refractivity contribution in [3.8, 4) is 12.3 Å². The molecule has 120 valence electrons. The second-order valence-electron chi connectivity index (χ2n) is 6.15. The molecule has 3 heterocycles. The van der Waals surface area contributed by atoms with Crippen molar-refractivity contribution >= 4 is 19.7 Å². The van der Waals surface area contributed by atoms with E-state index in [2.05, 4.69) is 5.92 Å². The fourth-order valence-corrected chi connectivity index (χ4v) is 9.62. The number of unbranched alkanes of at least 4 members (excludes halogenated alkanes) is 2. The lowest BCUT2D eigenvalue weighted by molar-refractivity contribution is -0.0176. The van der Waals surface area contributed by atoms with Crippen LogP contribution in [0.25, 0.3) is 0 Å². The van der Waals surface area contributed by atoms with E-state index >= 15 is 0 Å². The molecule has 3 aliphatic rings. The summed E-state index contributed by atoms with van der Waals surface area (Å²) >= 11 is 0. The van der Waals surface area contributed by atoms with Crippen LogP contribution in [0.15, 0.2) is 0 Å². The van der Waals surface area contributed by atoms with Crippen molar-refractivity contribution in [1.82, 2.24) is 0 Å². The van der Waals surface area contributed by atoms with Gasteiger partial charge in [0, 0.05) is 18.3 Å². The first-order valence-electron chi connectivity index (χ1n) is 7.26. The molecule has 3 saturated heterocycles. The second kappa shape index (κ2) is 5.56. The first kappa shape index (κ1) is 16.8. The van der Waals surface area contributed by atoms with Crippen molar-refractivity contribution in [2.75, 3.05) is 18.1 Å². The molecular formula is C14H22O5S2. The number of rotatable bonds is 6. The zero-order chi connectivity index (χ0) is 15.8. The van der Waals surface area contributed by atoms with Crippen LogP contribution in [-0.4, -0.2) is 39.2 Å². The van der Waals surface area contributed by atoms with Crippen LogP contribution in [0.5, 0.6) is 0 Å². The maximum absolute atomic E-state index is 12.6. The third-order valence-electron chi connectivity index (χ3n) is 4.37. The van der Waals surface area contributed by atoms with Gasteiger partial charge in [0.1, 0.15) is 0 Å². The molecule has 0 aromatic rings. The van der Waals surface area contributed by atoms with Gasteiger partial charge in [0.05, 0.1) is 18.1 Å². The van der Waals surface area contributed by atoms with E-state index in [1.54, 1.807) is 0 Å². The van der Waals surface area contributed by atoms with Gasteiger partial charge in [-0.15, -0.1) is 12.3 Å². The van der Waals surface area contributed by atoms with Crippen LogP contribution in [0, 0.1) is 17.8 Å². The first-order valence-corrected chi connectivity index (χ1v) is 10.6. The molecule has 0 N–H and O–H groups in total. The molecule has 7 heteroatoms. The quantitative estimate of drug-likeness (QED) is 0.543. The lowest BCUT2D eigenvalue weighted by atomic mass is 9.88. The molecule has 0 amide bonds. The van der Waals surface area contributed by atoms with E-state index in [1.807, 2.05) is 6.92 Å². The zero-order valence-electron chi connectivity index (χ0n) is 12.3. The SMILES string of the molecule is C#CCCCCC12OCC(CCC)(CS1(=O)=O)CS2(=O)=O. The molecule has 21 heavy (non-hydrogen) atoms. The third kappa shape index (κ3) is 2.62. The standard InChI is InChI=1S/C14H22O5S2/c1-3-5-6-7-9-14-19-10-13(8-4-2,11-20(14,15)16)12-21(14,17)18/h1H,4-12H2,2H3. The van der Waals surface area contributed by atoms with E-state index in [-0.39, 0.29) is 24.5 Å². The van der Waals surface area contributed by atoms with Crippen molar-refractivity contribution < 1.29 is 21.6 Å². The van der Waals surface area contributed by atoms with Crippen molar-refractivity contribution in [2.45, 2.75) is 49.7 Å². The minimum Gasteiger partial charge on any atom is -0.346 e. The van der Waals surface area contributed by atoms with Gasteiger partial charge in [-0.05, 0) is 19.3 Å². The molecule has 3 aliphatic heterocycles. The number of ether oxygens (including phenoxy) is 1. The number of hydrogen-bond donors (Lipinski definition) is 0. The van der Waals surface area contributed by atoms with Crippen LogP contribution >= 0.6 is 0 Å². The highest BCUT2D eigenvalue weighted by molar-refractivity contribution is 8.10. The zero-order valence-corrected chi connectivity index (χ0v) is 13.9. The normalized spacial score (nSPS) is 36.2. The number of terminal acetylenes is 1. The van der Waals surface area contributed by atoms with Gasteiger partial charge >= 0.3 is 0 Å². The summed E-state index contributed by atoms with van der Waals surface area (Å²) in [6.45, 7) is 2.14. The average molecular weight is 334 g/mol. The highest BCUT2D eigenvalue weighted by atomic mass is 32.3. The molecule has 0 atom stereocenters. The molecular weight excluding hydrogens is 312 g/mol. The Labute approximate surface area is 127 Å². The Kier molecular flexibility index (Phi) is 4.45. The smallest absolute Gasteiger partial charge is 0.270 e. The summed E-state index contributed by atoms with van der Waals surface area (Å²) in [6, 6.07) is 0. The van der Waals surface area contributed by atoms with Crippen molar-refractivity contribution in [1.29, 1.82) is 0 Å². The van der Waals surface area contributed by atoms with E-state index in [0.717, 1.165) is 6.42 Å². The highest BCUT2D eigenvalue weighted by Crippen LogP contribution is 2.50. The molecule has 0 unspecified atom stereocenters. The van der Waals surface area contributed by atoms with E-state index < -0.39 is 29.4 Å². The van der Waals surface area contributed by atoms with E-state index in [1.165, 1.54) is 0 Å². The van der Waals surface area contributed by atoms with Crippen molar-refractivity contribution in [3.05, 3.63) is 0 Å². The van der Waals surface area contributed by atoms with Crippen molar-refractivity contribution in [2.24, 2.45) is 5.41 Å². The topological polar surface area (TPSA) is 77.5 Å². The number of fused-ring (bicyclic) bond motifs is 3. The minimum absolute atomic E-state index is 0.0123. The Morgan fingerprint density at radius 1 is 1.10 bits per heavy atom. The van der Waals surface area contributed by atoms with E-state index in [0.29, 0.717) is 25.7 Å². The summed E-state index contributed by atoms with van der Waals surface area (Å²) in [5.74, 6) is 2.31. The summed E-state index contributed by atoms with van der Waals surface area (Å²) in [4.78, 5) is 0. The highest BCUT2D eigenvalue weighted by Gasteiger charge is 2.68. The lowest BCUT2D eigenvalue weighted by Gasteiger charge is -2.51. The van der Waals surface area contributed by atoms with Crippen LogP contribution in [-0.2, 0) is 24.4 Å². The van der Waals surface area contributed by atoms with Gasteiger partial charge in [-0.3, -0.25) is 0 Å². The molecule has 3 rings (SSSR count). The molecule has 0 aliphatic carbocycles. The summed E-state index contributed by atoms with van der Waals surface area (Å²) in [6.07, 6.45) is 7.99. The Morgan fingerprint density at radius 3 is 2.19 bits per heavy atom. The second-order valence-corrected chi connectivity index (χ2v) is 10.8. The molecule has 0 spiro atoms. The summed E-state index contributed by atoms with van der Waals surface area (Å²) in [5.41, 5.74) is -0.757. The molecule has 0 aromatic heterocycles. The van der Waals surface area contributed by atoms with E-state index in [9.17, 15) is 16.8 Å². The Morgan fingerprint density at radius 2 is 1.71 bits per heavy atom. The van der Waals surface area contributed by atoms with Gasteiger partial charge < -0.3 is 4.74 Å². The molecule has 0 aromatic carbocycles. The summed E-state index contributed by atoms with van der Waals surface area (Å²) < 4.78 is 53.8. The monoisotopic (exact) mass is 334 g/mol. The van der Waals surface area contributed by atoms with Gasteiger partial charge in [0.2, 0.25) is 0 Å². The first-order chi connectivity index (χ1) is 9.74. The van der Waals surface area contributed by atoms with Crippen LogP contribution in [0.1, 0.15) is 45.4 Å².